The molecule has 4 heteroatoms. The number of hydrogen-bond acceptors (Lipinski definition) is 3. The number of amides is 1. The lowest BCUT2D eigenvalue weighted by molar-refractivity contribution is -0.118. The third-order valence-corrected chi connectivity index (χ3v) is 4.23. The molecule has 3 N–H and O–H groups in total. The number of nitrogen functional groups attached to an aromatic ring is 1. The van der Waals surface area contributed by atoms with Gasteiger partial charge in [0.1, 0.15) is 5.75 Å². The molecule has 1 aliphatic carbocycles. The largest absolute Gasteiger partial charge is 0.484 e. The van der Waals surface area contributed by atoms with Crippen molar-refractivity contribution >= 4 is 17.3 Å². The summed E-state index contributed by atoms with van der Waals surface area (Å²) in [5, 5.41) is 2.84. The van der Waals surface area contributed by atoms with Crippen molar-refractivity contribution in [1.82, 2.24) is 0 Å². The van der Waals surface area contributed by atoms with Gasteiger partial charge in [0.15, 0.2) is 6.61 Å². The number of benzene rings is 2. The van der Waals surface area contributed by atoms with Crippen LogP contribution in [0.4, 0.5) is 11.4 Å². The highest BCUT2D eigenvalue weighted by Gasteiger charge is 2.11. The number of hydrogen-bond donors (Lipinski definition) is 2. The highest BCUT2D eigenvalue weighted by molar-refractivity contribution is 5.93. The molecule has 3 rings (SSSR count). The van der Waals surface area contributed by atoms with Crippen LogP contribution in [0.2, 0.25) is 0 Å². The van der Waals surface area contributed by atoms with E-state index in [2.05, 4.69) is 17.4 Å². The highest BCUT2D eigenvalue weighted by atomic mass is 16.5. The molecule has 0 aliphatic heterocycles. The van der Waals surface area contributed by atoms with Crippen molar-refractivity contribution < 1.29 is 9.53 Å². The molecule has 0 aromatic heterocycles. The van der Waals surface area contributed by atoms with Crippen LogP contribution in [0.25, 0.3) is 0 Å². The maximum atomic E-state index is 12.1. The lowest BCUT2D eigenvalue weighted by Gasteiger charge is -2.17. The van der Waals surface area contributed by atoms with E-state index in [0.29, 0.717) is 5.69 Å². The lowest BCUT2D eigenvalue weighted by atomic mass is 9.92. The van der Waals surface area contributed by atoms with Crippen molar-refractivity contribution in [1.29, 1.82) is 0 Å². The zero-order valence-electron chi connectivity index (χ0n) is 13.4. The number of ether oxygens (including phenoxy) is 1. The van der Waals surface area contributed by atoms with Gasteiger partial charge in [-0.15, -0.1) is 0 Å². The van der Waals surface area contributed by atoms with Crippen LogP contribution in [0.1, 0.15) is 29.5 Å². The van der Waals surface area contributed by atoms with Crippen LogP contribution in [0.5, 0.6) is 5.75 Å². The summed E-state index contributed by atoms with van der Waals surface area (Å²) in [6, 6.07) is 11.6. The van der Waals surface area contributed by atoms with E-state index in [-0.39, 0.29) is 12.5 Å². The van der Waals surface area contributed by atoms with Crippen LogP contribution in [-0.4, -0.2) is 12.5 Å². The lowest BCUT2D eigenvalue weighted by Crippen LogP contribution is -2.20. The third kappa shape index (κ3) is 3.83. The smallest absolute Gasteiger partial charge is 0.262 e. The average Bonchev–Trinajstić information content (AvgIpc) is 2.56. The molecule has 1 aliphatic rings. The summed E-state index contributed by atoms with van der Waals surface area (Å²) in [5.74, 6) is 0.571. The summed E-state index contributed by atoms with van der Waals surface area (Å²) in [7, 11) is 0. The SMILES string of the molecule is Cc1ccc(N)cc1NC(=O)COc1ccc2c(c1)CCCC2. The van der Waals surface area contributed by atoms with Crippen molar-refractivity contribution in [2.45, 2.75) is 32.6 Å². The summed E-state index contributed by atoms with van der Waals surface area (Å²) in [6.07, 6.45) is 4.73. The van der Waals surface area contributed by atoms with E-state index in [9.17, 15) is 4.79 Å². The summed E-state index contributed by atoms with van der Waals surface area (Å²) < 4.78 is 5.63. The molecule has 1 amide bonds. The minimum Gasteiger partial charge on any atom is -0.484 e. The normalized spacial score (nSPS) is 13.3. The van der Waals surface area contributed by atoms with Crippen molar-refractivity contribution in [3.05, 3.63) is 53.1 Å². The first-order valence-electron chi connectivity index (χ1n) is 8.02. The van der Waals surface area contributed by atoms with Gasteiger partial charge in [0.05, 0.1) is 0 Å². The predicted molar refractivity (Wildman–Crippen MR) is 92.8 cm³/mol. The zero-order valence-corrected chi connectivity index (χ0v) is 13.4. The van der Waals surface area contributed by atoms with Gasteiger partial charge in [-0.25, -0.2) is 0 Å². The first-order chi connectivity index (χ1) is 11.1. The minimum atomic E-state index is -0.184. The average molecular weight is 310 g/mol. The molecule has 0 atom stereocenters. The van der Waals surface area contributed by atoms with Gasteiger partial charge in [0, 0.05) is 11.4 Å². The number of anilines is 2. The number of nitrogens with one attached hydrogen (secondary N) is 1. The molecule has 2 aromatic carbocycles. The molecule has 0 radical (unpaired) electrons. The fourth-order valence-electron chi connectivity index (χ4n) is 2.91. The van der Waals surface area contributed by atoms with E-state index >= 15 is 0 Å². The fourth-order valence-corrected chi connectivity index (χ4v) is 2.91. The number of carbonyl (C=O) groups is 1. The second-order valence-electron chi connectivity index (χ2n) is 6.05. The van der Waals surface area contributed by atoms with Crippen molar-refractivity contribution in [3.63, 3.8) is 0 Å². The molecule has 2 aromatic rings. The van der Waals surface area contributed by atoms with Crippen LogP contribution in [0.3, 0.4) is 0 Å². The first-order valence-corrected chi connectivity index (χ1v) is 8.02. The monoisotopic (exact) mass is 310 g/mol. The number of rotatable bonds is 4. The Morgan fingerprint density at radius 3 is 2.74 bits per heavy atom. The van der Waals surface area contributed by atoms with Crippen LogP contribution in [-0.2, 0) is 17.6 Å². The molecule has 120 valence electrons. The Balaban J connectivity index is 1.59. The molecule has 0 fully saturated rings. The van der Waals surface area contributed by atoms with Crippen molar-refractivity contribution in [2.24, 2.45) is 0 Å². The van der Waals surface area contributed by atoms with Crippen LogP contribution in [0, 0.1) is 6.92 Å². The highest BCUT2D eigenvalue weighted by Crippen LogP contribution is 2.25. The second-order valence-corrected chi connectivity index (χ2v) is 6.05. The molecule has 0 unspecified atom stereocenters. The van der Waals surface area contributed by atoms with Gasteiger partial charge in [-0.05, 0) is 73.6 Å². The third-order valence-electron chi connectivity index (χ3n) is 4.23. The summed E-state index contributed by atoms with van der Waals surface area (Å²) in [4.78, 5) is 12.1. The first kappa shape index (κ1) is 15.4. The van der Waals surface area contributed by atoms with E-state index in [4.69, 9.17) is 10.5 Å². The molecule has 0 spiro atoms. The maximum Gasteiger partial charge on any atom is 0.262 e. The van der Waals surface area contributed by atoms with E-state index in [0.717, 1.165) is 29.8 Å². The molecule has 0 heterocycles. The molecule has 0 bridgehead atoms. The van der Waals surface area contributed by atoms with Gasteiger partial charge >= 0.3 is 0 Å². The standard InChI is InChI=1S/C19H22N2O2/c1-13-6-8-16(20)11-18(13)21-19(22)12-23-17-9-7-14-4-2-3-5-15(14)10-17/h6-11H,2-5,12,20H2,1H3,(H,21,22). The Labute approximate surface area is 136 Å². The van der Waals surface area contributed by atoms with Crippen molar-refractivity contribution in [2.75, 3.05) is 17.7 Å². The van der Waals surface area contributed by atoms with E-state index in [1.165, 1.54) is 24.0 Å². The van der Waals surface area contributed by atoms with Gasteiger partial charge in [0.25, 0.3) is 5.91 Å². The minimum absolute atomic E-state index is 0.00692. The zero-order chi connectivity index (χ0) is 16.2. The van der Waals surface area contributed by atoms with Gasteiger partial charge < -0.3 is 15.8 Å². The fraction of sp³-hybridized carbons (Fsp3) is 0.316. The Hall–Kier alpha value is -2.49. The van der Waals surface area contributed by atoms with Gasteiger partial charge in [-0.3, -0.25) is 4.79 Å². The summed E-state index contributed by atoms with van der Waals surface area (Å²) in [5.41, 5.74) is 10.8. The number of fused-ring (bicyclic) bond motifs is 1. The summed E-state index contributed by atoms with van der Waals surface area (Å²) >= 11 is 0. The van der Waals surface area contributed by atoms with Crippen LogP contribution in [0.15, 0.2) is 36.4 Å². The maximum absolute atomic E-state index is 12.1. The van der Waals surface area contributed by atoms with E-state index in [1.54, 1.807) is 6.07 Å². The van der Waals surface area contributed by atoms with E-state index < -0.39 is 0 Å². The van der Waals surface area contributed by atoms with Crippen molar-refractivity contribution in [3.8, 4) is 5.75 Å². The Morgan fingerprint density at radius 2 is 1.91 bits per heavy atom. The topological polar surface area (TPSA) is 64.3 Å². The summed E-state index contributed by atoms with van der Waals surface area (Å²) in [6.45, 7) is 1.92. The molecule has 0 saturated heterocycles. The molecule has 0 saturated carbocycles. The molecule has 23 heavy (non-hydrogen) atoms. The van der Waals surface area contributed by atoms with Crippen LogP contribution < -0.4 is 15.8 Å². The van der Waals surface area contributed by atoms with Gasteiger partial charge in [-0.1, -0.05) is 12.1 Å². The predicted octanol–water partition coefficient (Wildman–Crippen LogP) is 3.47. The Bertz CT molecular complexity index is 725. The molecule has 4 nitrogen and oxygen atoms in total. The van der Waals surface area contributed by atoms with Gasteiger partial charge in [-0.2, -0.15) is 0 Å². The quantitative estimate of drug-likeness (QED) is 0.850. The van der Waals surface area contributed by atoms with Gasteiger partial charge in [0.2, 0.25) is 0 Å². The molecular formula is C19H22N2O2. The van der Waals surface area contributed by atoms with E-state index in [1.807, 2.05) is 25.1 Å². The molecular weight excluding hydrogens is 288 g/mol. The second kappa shape index (κ2) is 6.73. The number of carbonyl (C=O) groups excluding carboxylic acids is 1. The van der Waals surface area contributed by atoms with Crippen LogP contribution >= 0.6 is 0 Å². The Morgan fingerprint density at radius 1 is 1.13 bits per heavy atom. The number of aryl methyl sites for hydroxylation is 3. The Kier molecular flexibility index (Phi) is 4.51. The number of nitrogens with two attached hydrogens (primary N) is 1.